The summed E-state index contributed by atoms with van der Waals surface area (Å²) in [5, 5.41) is 3.65. The first kappa shape index (κ1) is 22.0. The number of hydrogen-bond acceptors (Lipinski definition) is 5. The molecule has 1 unspecified atom stereocenters. The molecular formula is C22H34IN5O2. The van der Waals surface area contributed by atoms with Crippen LogP contribution in [0.25, 0.3) is 0 Å². The first-order valence-corrected chi connectivity index (χ1v) is 11.1. The number of fused-ring (bicyclic) bond motifs is 1. The zero-order chi connectivity index (χ0) is 19.6. The van der Waals surface area contributed by atoms with Crippen LogP contribution in [0.4, 0.5) is 0 Å². The number of ether oxygens (including phenoxy) is 2. The van der Waals surface area contributed by atoms with Crippen LogP contribution < -0.4 is 14.8 Å². The number of nitrogens with zero attached hydrogens (tertiary/aromatic N) is 4. The molecule has 1 N–H and O–H groups in total. The summed E-state index contributed by atoms with van der Waals surface area (Å²) in [6, 6.07) is 7.18. The fraction of sp³-hybridized carbons (Fsp3) is 0.682. The molecule has 0 radical (unpaired) electrons. The van der Waals surface area contributed by atoms with Gasteiger partial charge in [0.15, 0.2) is 17.5 Å². The molecule has 1 saturated carbocycles. The van der Waals surface area contributed by atoms with Crippen LogP contribution in [-0.2, 0) is 6.54 Å². The zero-order valence-corrected chi connectivity index (χ0v) is 20.2. The van der Waals surface area contributed by atoms with E-state index in [1.165, 1.54) is 37.9 Å². The molecule has 1 aromatic carbocycles. The second-order valence-corrected chi connectivity index (χ2v) is 8.76. The fourth-order valence-corrected chi connectivity index (χ4v) is 4.78. The number of rotatable bonds is 5. The molecule has 0 spiro atoms. The van der Waals surface area contributed by atoms with Crippen LogP contribution >= 0.6 is 24.0 Å². The average molecular weight is 527 g/mol. The zero-order valence-electron chi connectivity index (χ0n) is 17.9. The number of hydrogen-bond donors (Lipinski definition) is 1. The number of guanidine groups is 1. The SMILES string of the molecule is CN=C(NCC1CCN(C2CC2)C1)N1CCN(Cc2ccc3c(c2)OCO3)CC1.I. The van der Waals surface area contributed by atoms with Crippen molar-refractivity contribution in [3.05, 3.63) is 23.8 Å². The van der Waals surface area contributed by atoms with E-state index in [-0.39, 0.29) is 24.0 Å². The summed E-state index contributed by atoms with van der Waals surface area (Å²) in [5.74, 6) is 3.56. The smallest absolute Gasteiger partial charge is 0.231 e. The largest absolute Gasteiger partial charge is 0.454 e. The van der Waals surface area contributed by atoms with E-state index in [1.807, 2.05) is 13.1 Å². The maximum atomic E-state index is 5.51. The predicted octanol–water partition coefficient (Wildman–Crippen LogP) is 2.21. The highest BCUT2D eigenvalue weighted by molar-refractivity contribution is 14.0. The molecule has 30 heavy (non-hydrogen) atoms. The molecule has 2 saturated heterocycles. The minimum absolute atomic E-state index is 0. The Morgan fingerprint density at radius 2 is 1.87 bits per heavy atom. The van der Waals surface area contributed by atoms with E-state index >= 15 is 0 Å². The molecule has 0 bridgehead atoms. The molecule has 5 rings (SSSR count). The van der Waals surface area contributed by atoms with E-state index in [4.69, 9.17) is 9.47 Å². The second kappa shape index (κ2) is 9.91. The quantitative estimate of drug-likeness (QED) is 0.360. The van der Waals surface area contributed by atoms with E-state index in [1.54, 1.807) is 0 Å². The molecule has 3 heterocycles. The van der Waals surface area contributed by atoms with Crippen LogP contribution in [-0.4, -0.2) is 86.4 Å². The monoisotopic (exact) mass is 527 g/mol. The van der Waals surface area contributed by atoms with Crippen LogP contribution in [0.2, 0.25) is 0 Å². The number of piperazine rings is 1. The molecule has 3 aliphatic heterocycles. The Labute approximate surface area is 196 Å². The Bertz CT molecular complexity index is 749. The lowest BCUT2D eigenvalue weighted by Crippen LogP contribution is -2.52. The van der Waals surface area contributed by atoms with Crippen LogP contribution in [0.5, 0.6) is 11.5 Å². The summed E-state index contributed by atoms with van der Waals surface area (Å²) >= 11 is 0. The van der Waals surface area contributed by atoms with Crippen molar-refractivity contribution in [1.82, 2.24) is 20.0 Å². The molecule has 1 aliphatic carbocycles. The van der Waals surface area contributed by atoms with Crippen molar-refractivity contribution < 1.29 is 9.47 Å². The Hall–Kier alpha value is -1.26. The van der Waals surface area contributed by atoms with E-state index in [0.29, 0.717) is 6.79 Å². The van der Waals surface area contributed by atoms with Gasteiger partial charge in [0.1, 0.15) is 0 Å². The van der Waals surface area contributed by atoms with Gasteiger partial charge in [-0.1, -0.05) is 6.07 Å². The lowest BCUT2D eigenvalue weighted by molar-refractivity contribution is 0.170. The van der Waals surface area contributed by atoms with Gasteiger partial charge in [0, 0.05) is 58.9 Å². The van der Waals surface area contributed by atoms with Crippen molar-refractivity contribution in [2.45, 2.75) is 31.8 Å². The number of benzene rings is 1. The average Bonchev–Trinajstić information content (AvgIpc) is 3.30. The summed E-state index contributed by atoms with van der Waals surface area (Å²) in [5.41, 5.74) is 1.28. The fourth-order valence-electron chi connectivity index (χ4n) is 4.78. The van der Waals surface area contributed by atoms with Gasteiger partial charge in [-0.05, 0) is 49.4 Å². The molecule has 8 heteroatoms. The van der Waals surface area contributed by atoms with Gasteiger partial charge in [0.2, 0.25) is 6.79 Å². The van der Waals surface area contributed by atoms with Crippen molar-refractivity contribution in [3.63, 3.8) is 0 Å². The number of halogens is 1. The summed E-state index contributed by atoms with van der Waals surface area (Å²) < 4.78 is 10.9. The molecule has 7 nitrogen and oxygen atoms in total. The van der Waals surface area contributed by atoms with Crippen molar-refractivity contribution in [2.75, 3.05) is 59.7 Å². The van der Waals surface area contributed by atoms with Crippen molar-refractivity contribution in [2.24, 2.45) is 10.9 Å². The lowest BCUT2D eigenvalue weighted by Gasteiger charge is -2.36. The topological polar surface area (TPSA) is 52.6 Å². The van der Waals surface area contributed by atoms with Crippen LogP contribution in [0.15, 0.2) is 23.2 Å². The Balaban J connectivity index is 0.00000218. The maximum Gasteiger partial charge on any atom is 0.231 e. The molecule has 3 fully saturated rings. The highest BCUT2D eigenvalue weighted by atomic mass is 127. The molecule has 0 aromatic heterocycles. The minimum atomic E-state index is 0. The van der Waals surface area contributed by atoms with Crippen LogP contribution in [0, 0.1) is 5.92 Å². The first-order chi connectivity index (χ1) is 14.3. The van der Waals surface area contributed by atoms with Crippen LogP contribution in [0.3, 0.4) is 0 Å². The van der Waals surface area contributed by atoms with Gasteiger partial charge >= 0.3 is 0 Å². The van der Waals surface area contributed by atoms with Gasteiger partial charge in [-0.25, -0.2) is 0 Å². The van der Waals surface area contributed by atoms with Gasteiger partial charge < -0.3 is 24.6 Å². The summed E-state index contributed by atoms with van der Waals surface area (Å²) in [7, 11) is 1.91. The molecule has 1 aromatic rings. The van der Waals surface area contributed by atoms with E-state index in [0.717, 1.165) is 68.7 Å². The number of aliphatic imine (C=N–C) groups is 1. The minimum Gasteiger partial charge on any atom is -0.454 e. The summed E-state index contributed by atoms with van der Waals surface area (Å²) in [6.45, 7) is 9.02. The molecular weight excluding hydrogens is 493 g/mol. The van der Waals surface area contributed by atoms with E-state index in [9.17, 15) is 0 Å². The van der Waals surface area contributed by atoms with Gasteiger partial charge in [-0.2, -0.15) is 0 Å². The van der Waals surface area contributed by atoms with Crippen molar-refractivity contribution in [1.29, 1.82) is 0 Å². The standard InChI is InChI=1S/C22H33N5O2.HI/c1-23-22(24-13-18-6-7-27(15-18)19-3-4-19)26-10-8-25(9-11-26)14-17-2-5-20-21(12-17)29-16-28-20;/h2,5,12,18-19H,3-4,6-11,13-16H2,1H3,(H,23,24);1H. The normalized spacial score (nSPS) is 24.8. The molecule has 1 atom stereocenters. The van der Waals surface area contributed by atoms with Crippen LogP contribution in [0.1, 0.15) is 24.8 Å². The Morgan fingerprint density at radius 3 is 2.63 bits per heavy atom. The summed E-state index contributed by atoms with van der Waals surface area (Å²) in [6.07, 6.45) is 4.15. The molecule has 166 valence electrons. The third-order valence-electron chi connectivity index (χ3n) is 6.66. The highest BCUT2D eigenvalue weighted by Crippen LogP contribution is 2.33. The molecule has 4 aliphatic rings. The van der Waals surface area contributed by atoms with Gasteiger partial charge in [-0.15, -0.1) is 24.0 Å². The third kappa shape index (κ3) is 5.13. The Kier molecular flexibility index (Phi) is 7.25. The van der Waals surface area contributed by atoms with Crippen molar-refractivity contribution in [3.8, 4) is 11.5 Å². The highest BCUT2D eigenvalue weighted by Gasteiger charge is 2.34. The van der Waals surface area contributed by atoms with Gasteiger partial charge in [0.05, 0.1) is 0 Å². The Morgan fingerprint density at radius 1 is 1.07 bits per heavy atom. The van der Waals surface area contributed by atoms with Crippen molar-refractivity contribution >= 4 is 29.9 Å². The van der Waals surface area contributed by atoms with Gasteiger partial charge in [-0.3, -0.25) is 9.89 Å². The maximum absolute atomic E-state index is 5.51. The third-order valence-corrected chi connectivity index (χ3v) is 6.66. The molecule has 0 amide bonds. The number of nitrogens with one attached hydrogen (secondary N) is 1. The second-order valence-electron chi connectivity index (χ2n) is 8.76. The van der Waals surface area contributed by atoms with Gasteiger partial charge in [0.25, 0.3) is 0 Å². The lowest BCUT2D eigenvalue weighted by atomic mass is 10.1. The van der Waals surface area contributed by atoms with E-state index in [2.05, 4.69) is 37.1 Å². The first-order valence-electron chi connectivity index (χ1n) is 11.1. The predicted molar refractivity (Wildman–Crippen MR) is 129 cm³/mol. The summed E-state index contributed by atoms with van der Waals surface area (Å²) in [4.78, 5) is 12.2. The number of likely N-dealkylation sites (tertiary alicyclic amines) is 1. The van der Waals surface area contributed by atoms with E-state index < -0.39 is 0 Å².